The maximum absolute atomic E-state index is 13.5. The van der Waals surface area contributed by atoms with Crippen molar-refractivity contribution >= 4 is 5.91 Å². The van der Waals surface area contributed by atoms with Crippen molar-refractivity contribution in [3.05, 3.63) is 70.9 Å². The average molecular weight is 480 g/mol. The fraction of sp³-hybridized carbons (Fsp3) is 0.360. The van der Waals surface area contributed by atoms with Gasteiger partial charge >= 0.3 is 6.18 Å². The molecule has 4 rings (SSSR count). The van der Waals surface area contributed by atoms with Gasteiger partial charge < -0.3 is 5.32 Å². The van der Waals surface area contributed by atoms with Crippen LogP contribution < -0.4 is 5.32 Å². The molecule has 1 N–H and O–H groups in total. The lowest BCUT2D eigenvalue weighted by Crippen LogP contribution is -2.29. The predicted octanol–water partition coefficient (Wildman–Crippen LogP) is 5.12. The van der Waals surface area contributed by atoms with Crippen LogP contribution in [-0.4, -0.2) is 25.8 Å². The van der Waals surface area contributed by atoms with Crippen LogP contribution in [0.15, 0.2) is 43.0 Å². The van der Waals surface area contributed by atoms with Crippen LogP contribution in [0.3, 0.4) is 0 Å². The van der Waals surface area contributed by atoms with Gasteiger partial charge in [0.2, 0.25) is 0 Å². The molecule has 3 aromatic rings. The summed E-state index contributed by atoms with van der Waals surface area (Å²) in [7, 11) is 0. The zero-order chi connectivity index (χ0) is 25.4. The smallest absolute Gasteiger partial charge is 0.344 e. The van der Waals surface area contributed by atoms with Crippen LogP contribution in [0.4, 0.5) is 13.2 Å². The third-order valence-corrected chi connectivity index (χ3v) is 5.94. The van der Waals surface area contributed by atoms with E-state index < -0.39 is 29.1 Å². The Morgan fingerprint density at radius 3 is 2.29 bits per heavy atom. The Kier molecular flexibility index (Phi) is 6.28. The molecule has 2 heterocycles. The number of nitriles is 1. The van der Waals surface area contributed by atoms with E-state index >= 15 is 0 Å². The zero-order valence-corrected chi connectivity index (χ0v) is 19.4. The molecule has 180 valence electrons. The van der Waals surface area contributed by atoms with Crippen molar-refractivity contribution in [1.82, 2.24) is 25.3 Å². The molecule has 1 aliphatic carbocycles. The number of carbonyl (C=O) groups excluding carboxylic acids is 1. The monoisotopic (exact) mass is 480 g/mol. The Balaban J connectivity index is 1.63. The number of benzene rings is 1. The topological polar surface area (TPSA) is 104 Å². The van der Waals surface area contributed by atoms with Crippen LogP contribution in [0.2, 0.25) is 0 Å². The molecule has 1 fully saturated rings. The highest BCUT2D eigenvalue weighted by Gasteiger charge is 2.34. The normalized spacial score (nSPS) is 14.8. The summed E-state index contributed by atoms with van der Waals surface area (Å²) < 4.78 is 40.5. The number of hydrogen-bond donors (Lipinski definition) is 1. The van der Waals surface area contributed by atoms with Gasteiger partial charge in [-0.1, -0.05) is 0 Å². The Bertz CT molecular complexity index is 1290. The molecule has 1 atom stereocenters. The van der Waals surface area contributed by atoms with E-state index in [0.29, 0.717) is 23.1 Å². The number of amides is 1. The maximum Gasteiger partial charge on any atom is 0.416 e. The van der Waals surface area contributed by atoms with Crippen molar-refractivity contribution in [2.45, 2.75) is 57.2 Å². The van der Waals surface area contributed by atoms with Crippen LogP contribution in [-0.2, 0) is 11.6 Å². The molecule has 1 aliphatic rings. The van der Waals surface area contributed by atoms with Gasteiger partial charge in [0, 0.05) is 30.4 Å². The number of nitrogens with zero attached hydrogens (tertiary/aromatic N) is 5. The maximum atomic E-state index is 13.5. The van der Waals surface area contributed by atoms with Gasteiger partial charge in [-0.15, -0.1) is 0 Å². The molecule has 35 heavy (non-hydrogen) atoms. The molecule has 1 unspecified atom stereocenters. The number of aromatic nitrogens is 4. The predicted molar refractivity (Wildman–Crippen MR) is 121 cm³/mol. The standard InChI is InChI=1S/C25H23F3N6O/c1-14(20-21(31-7-6-30-20)22-32-11-17(12-33-22)15-4-5-15)34-23(35)16-8-18(24(2,3)13-29)10-19(9-16)25(26,27)28/h6-12,14-15H,4-5H2,1-3H3,(H,34,35). The molecule has 0 spiro atoms. The van der Waals surface area contributed by atoms with Gasteiger partial charge in [0.25, 0.3) is 5.91 Å². The molecular weight excluding hydrogens is 457 g/mol. The third-order valence-electron chi connectivity index (χ3n) is 5.94. The fourth-order valence-electron chi connectivity index (χ4n) is 3.62. The minimum Gasteiger partial charge on any atom is -0.344 e. The molecule has 0 bridgehead atoms. The van der Waals surface area contributed by atoms with Crippen LogP contribution in [0.5, 0.6) is 0 Å². The second-order valence-corrected chi connectivity index (χ2v) is 9.13. The SMILES string of the molecule is CC(NC(=O)c1cc(C(F)(F)F)cc(C(C)(C)C#N)c1)c1nccnc1-c1ncc(C2CC2)cn1. The summed E-state index contributed by atoms with van der Waals surface area (Å²) in [5.74, 6) is 0.0999. The lowest BCUT2D eigenvalue weighted by atomic mass is 9.84. The van der Waals surface area contributed by atoms with E-state index in [4.69, 9.17) is 0 Å². The van der Waals surface area contributed by atoms with Crippen molar-refractivity contribution < 1.29 is 18.0 Å². The van der Waals surface area contributed by atoms with E-state index in [2.05, 4.69) is 25.3 Å². The van der Waals surface area contributed by atoms with E-state index in [9.17, 15) is 23.2 Å². The minimum absolute atomic E-state index is 0.0944. The molecule has 1 amide bonds. The number of nitrogens with one attached hydrogen (secondary N) is 1. The summed E-state index contributed by atoms with van der Waals surface area (Å²) >= 11 is 0. The third kappa shape index (κ3) is 5.29. The van der Waals surface area contributed by atoms with Crippen LogP contribution in [0, 0.1) is 11.3 Å². The fourth-order valence-corrected chi connectivity index (χ4v) is 3.62. The van der Waals surface area contributed by atoms with Gasteiger partial charge in [-0.3, -0.25) is 9.78 Å². The Hall–Kier alpha value is -3.87. The number of halogens is 3. The highest BCUT2D eigenvalue weighted by atomic mass is 19.4. The van der Waals surface area contributed by atoms with Gasteiger partial charge in [0.1, 0.15) is 5.69 Å². The van der Waals surface area contributed by atoms with Crippen LogP contribution >= 0.6 is 0 Å². The van der Waals surface area contributed by atoms with E-state index in [1.807, 2.05) is 6.07 Å². The van der Waals surface area contributed by atoms with Crippen molar-refractivity contribution in [3.63, 3.8) is 0 Å². The van der Waals surface area contributed by atoms with E-state index in [0.717, 1.165) is 30.5 Å². The quantitative estimate of drug-likeness (QED) is 0.525. The summed E-state index contributed by atoms with van der Waals surface area (Å²) in [6.45, 7) is 4.64. The Morgan fingerprint density at radius 1 is 1.06 bits per heavy atom. The molecule has 0 radical (unpaired) electrons. The first-order chi connectivity index (χ1) is 16.5. The van der Waals surface area contributed by atoms with E-state index in [1.54, 1.807) is 19.3 Å². The van der Waals surface area contributed by atoms with Crippen molar-refractivity contribution in [2.24, 2.45) is 0 Å². The second-order valence-electron chi connectivity index (χ2n) is 9.13. The molecule has 10 heteroatoms. The van der Waals surface area contributed by atoms with Gasteiger partial charge in [-0.05, 0) is 68.9 Å². The highest BCUT2D eigenvalue weighted by Crippen LogP contribution is 2.39. The molecule has 7 nitrogen and oxygen atoms in total. The Labute approximate surface area is 200 Å². The van der Waals surface area contributed by atoms with E-state index in [-0.39, 0.29) is 11.1 Å². The number of hydrogen-bond acceptors (Lipinski definition) is 6. The average Bonchev–Trinajstić information content (AvgIpc) is 3.69. The molecule has 2 aromatic heterocycles. The molecule has 1 aromatic carbocycles. The zero-order valence-electron chi connectivity index (χ0n) is 19.4. The van der Waals surface area contributed by atoms with Crippen molar-refractivity contribution in [3.8, 4) is 17.6 Å². The molecule has 1 saturated carbocycles. The van der Waals surface area contributed by atoms with Gasteiger partial charge in [-0.2, -0.15) is 18.4 Å². The van der Waals surface area contributed by atoms with Crippen molar-refractivity contribution in [1.29, 1.82) is 5.26 Å². The first-order valence-electron chi connectivity index (χ1n) is 11.1. The lowest BCUT2D eigenvalue weighted by molar-refractivity contribution is -0.137. The number of carbonyl (C=O) groups is 1. The van der Waals surface area contributed by atoms with Gasteiger partial charge in [0.05, 0.1) is 28.8 Å². The first-order valence-corrected chi connectivity index (χ1v) is 11.1. The van der Waals surface area contributed by atoms with Crippen molar-refractivity contribution in [2.75, 3.05) is 0 Å². The van der Waals surface area contributed by atoms with Gasteiger partial charge in [0.15, 0.2) is 5.82 Å². The largest absolute Gasteiger partial charge is 0.416 e. The van der Waals surface area contributed by atoms with Crippen LogP contribution in [0.1, 0.15) is 78.3 Å². The molecular formula is C25H23F3N6O. The van der Waals surface area contributed by atoms with Crippen LogP contribution in [0.25, 0.3) is 11.5 Å². The Morgan fingerprint density at radius 2 is 1.69 bits per heavy atom. The summed E-state index contributed by atoms with van der Waals surface area (Å²) in [5, 5.41) is 12.1. The molecule has 0 aliphatic heterocycles. The molecule has 0 saturated heterocycles. The number of alkyl halides is 3. The second kappa shape index (κ2) is 9.06. The summed E-state index contributed by atoms with van der Waals surface area (Å²) in [6, 6.07) is 4.24. The minimum atomic E-state index is -4.68. The summed E-state index contributed by atoms with van der Waals surface area (Å²) in [5.41, 5.74) is -0.522. The summed E-state index contributed by atoms with van der Waals surface area (Å²) in [6.07, 6.45) is 4.00. The van der Waals surface area contributed by atoms with Gasteiger partial charge in [-0.25, -0.2) is 15.0 Å². The highest BCUT2D eigenvalue weighted by molar-refractivity contribution is 5.95. The van der Waals surface area contributed by atoms with E-state index in [1.165, 1.54) is 32.3 Å². The lowest BCUT2D eigenvalue weighted by Gasteiger charge is -2.20. The number of rotatable bonds is 6. The first kappa shape index (κ1) is 24.3. The summed E-state index contributed by atoms with van der Waals surface area (Å²) in [4.78, 5) is 30.4.